The van der Waals surface area contributed by atoms with E-state index in [1.54, 1.807) is 0 Å². The van der Waals surface area contributed by atoms with E-state index < -0.39 is 20.2 Å². The van der Waals surface area contributed by atoms with Gasteiger partial charge in [0.05, 0.1) is 9.79 Å². The molecule has 0 radical (unpaired) electrons. The first-order chi connectivity index (χ1) is 8.18. The zero-order valence-corrected chi connectivity index (χ0v) is 11.9. The SMILES string of the molecule is N.N.O=S(=O)(O)c1ccc2ccc(S(=O)(=O)O)cc2c1. The molecule has 0 aliphatic rings. The van der Waals surface area contributed by atoms with Crippen LogP contribution in [0.3, 0.4) is 0 Å². The first-order valence-corrected chi connectivity index (χ1v) is 7.55. The second-order valence-electron chi connectivity index (χ2n) is 3.62. The van der Waals surface area contributed by atoms with Gasteiger partial charge in [-0.1, -0.05) is 12.1 Å². The predicted octanol–water partition coefficient (Wildman–Crippen LogP) is 1.66. The minimum atomic E-state index is -4.35. The van der Waals surface area contributed by atoms with E-state index in [1.807, 2.05) is 0 Å². The van der Waals surface area contributed by atoms with Crippen molar-refractivity contribution in [3.05, 3.63) is 36.4 Å². The van der Waals surface area contributed by atoms with Gasteiger partial charge in [-0.3, -0.25) is 9.11 Å². The Kier molecular flexibility index (Phi) is 5.37. The molecule has 2 rings (SSSR count). The molecule has 8 N–H and O–H groups in total. The lowest BCUT2D eigenvalue weighted by Gasteiger charge is -2.03. The van der Waals surface area contributed by atoms with E-state index in [0.717, 1.165) is 12.1 Å². The molecule has 0 fully saturated rings. The molecule has 0 saturated carbocycles. The Balaban J connectivity index is 0.00000180. The topological polar surface area (TPSA) is 179 Å². The van der Waals surface area contributed by atoms with Crippen LogP contribution in [0.25, 0.3) is 10.8 Å². The highest BCUT2D eigenvalue weighted by molar-refractivity contribution is 7.86. The Hall–Kier alpha value is -1.56. The average molecular weight is 322 g/mol. The Morgan fingerprint density at radius 2 is 1.00 bits per heavy atom. The summed E-state index contributed by atoms with van der Waals surface area (Å²) >= 11 is 0. The Morgan fingerprint density at radius 1 is 0.650 bits per heavy atom. The molecule has 0 heterocycles. The summed E-state index contributed by atoms with van der Waals surface area (Å²) in [5.74, 6) is 0. The van der Waals surface area contributed by atoms with Crippen molar-refractivity contribution in [3.63, 3.8) is 0 Å². The number of hydrogen-bond acceptors (Lipinski definition) is 6. The van der Waals surface area contributed by atoms with Crippen LogP contribution in [0.15, 0.2) is 46.2 Å². The summed E-state index contributed by atoms with van der Waals surface area (Å²) in [5, 5.41) is 0.857. The zero-order valence-electron chi connectivity index (χ0n) is 10.2. The normalized spacial score (nSPS) is 11.5. The van der Waals surface area contributed by atoms with Crippen LogP contribution in [-0.4, -0.2) is 25.9 Å². The Labute approximate surface area is 116 Å². The summed E-state index contributed by atoms with van der Waals surface area (Å²) in [6.45, 7) is 0. The third-order valence-electron chi connectivity index (χ3n) is 2.38. The molecule has 2 aromatic carbocycles. The third kappa shape index (κ3) is 3.72. The fourth-order valence-corrected chi connectivity index (χ4v) is 2.56. The van der Waals surface area contributed by atoms with E-state index in [0.29, 0.717) is 5.39 Å². The molecule has 10 heteroatoms. The van der Waals surface area contributed by atoms with Crippen molar-refractivity contribution in [2.45, 2.75) is 9.79 Å². The van der Waals surface area contributed by atoms with Crippen LogP contribution in [0.5, 0.6) is 0 Å². The van der Waals surface area contributed by atoms with Gasteiger partial charge < -0.3 is 12.3 Å². The van der Waals surface area contributed by atoms with Gasteiger partial charge in [-0.05, 0) is 35.0 Å². The molecule has 0 atom stereocenters. The molecular weight excluding hydrogens is 308 g/mol. The predicted molar refractivity (Wildman–Crippen MR) is 73.6 cm³/mol. The largest absolute Gasteiger partial charge is 0.344 e. The van der Waals surface area contributed by atoms with Crippen molar-refractivity contribution in [2.75, 3.05) is 0 Å². The highest BCUT2D eigenvalue weighted by Gasteiger charge is 2.13. The first kappa shape index (κ1) is 18.4. The van der Waals surface area contributed by atoms with Crippen molar-refractivity contribution in [2.24, 2.45) is 0 Å². The van der Waals surface area contributed by atoms with Gasteiger partial charge in [0.1, 0.15) is 0 Å². The second-order valence-corrected chi connectivity index (χ2v) is 6.46. The lowest BCUT2D eigenvalue weighted by atomic mass is 10.1. The van der Waals surface area contributed by atoms with Crippen LogP contribution >= 0.6 is 0 Å². The lowest BCUT2D eigenvalue weighted by molar-refractivity contribution is 0.481. The number of fused-ring (bicyclic) bond motifs is 1. The first-order valence-electron chi connectivity index (χ1n) is 4.67. The van der Waals surface area contributed by atoms with Crippen LogP contribution in [0.1, 0.15) is 0 Å². The summed E-state index contributed by atoms with van der Waals surface area (Å²) < 4.78 is 61.5. The molecule has 0 saturated heterocycles. The molecule has 20 heavy (non-hydrogen) atoms. The molecule has 112 valence electrons. The van der Waals surface area contributed by atoms with Gasteiger partial charge in [-0.2, -0.15) is 16.8 Å². The van der Waals surface area contributed by atoms with Crippen LogP contribution in [0.4, 0.5) is 0 Å². The van der Waals surface area contributed by atoms with Crippen LogP contribution in [-0.2, 0) is 20.2 Å². The van der Waals surface area contributed by atoms with Gasteiger partial charge in [-0.25, -0.2) is 0 Å². The number of rotatable bonds is 2. The maximum atomic E-state index is 10.9. The fourth-order valence-electron chi connectivity index (χ4n) is 1.52. The zero-order chi connectivity index (χ0) is 13.6. The summed E-state index contributed by atoms with van der Waals surface area (Å²) in [7, 11) is -8.71. The Morgan fingerprint density at radius 3 is 1.30 bits per heavy atom. The lowest BCUT2D eigenvalue weighted by Crippen LogP contribution is -1.99. The van der Waals surface area contributed by atoms with E-state index in [4.69, 9.17) is 9.11 Å². The van der Waals surface area contributed by atoms with Gasteiger partial charge in [0.15, 0.2) is 0 Å². The minimum absolute atomic E-state index is 0. The second kappa shape index (κ2) is 5.83. The van der Waals surface area contributed by atoms with Gasteiger partial charge >= 0.3 is 0 Å². The van der Waals surface area contributed by atoms with Crippen LogP contribution in [0.2, 0.25) is 0 Å². The molecule has 0 unspecified atom stereocenters. The van der Waals surface area contributed by atoms with Gasteiger partial charge in [-0.15, -0.1) is 0 Å². The number of benzene rings is 2. The highest BCUT2D eigenvalue weighted by Crippen LogP contribution is 2.22. The van der Waals surface area contributed by atoms with Crippen molar-refractivity contribution >= 4 is 31.0 Å². The van der Waals surface area contributed by atoms with Gasteiger partial charge in [0.25, 0.3) is 20.2 Å². The highest BCUT2D eigenvalue weighted by atomic mass is 32.2. The summed E-state index contributed by atoms with van der Waals surface area (Å²) in [5.41, 5.74) is 0. The summed E-state index contributed by atoms with van der Waals surface area (Å²) in [6, 6.07) is 7.49. The molecule has 0 aliphatic heterocycles. The monoisotopic (exact) mass is 322 g/mol. The molecule has 0 aromatic heterocycles. The van der Waals surface area contributed by atoms with Crippen molar-refractivity contribution in [3.8, 4) is 0 Å². The number of hydrogen-bond donors (Lipinski definition) is 4. The minimum Gasteiger partial charge on any atom is -0.344 e. The fraction of sp³-hybridized carbons (Fsp3) is 0. The molecular formula is C10H14N2O6S2. The maximum Gasteiger partial charge on any atom is 0.294 e. The smallest absolute Gasteiger partial charge is 0.294 e. The average Bonchev–Trinajstić information content (AvgIpc) is 2.25. The molecule has 8 nitrogen and oxygen atoms in total. The third-order valence-corrected chi connectivity index (χ3v) is 4.08. The standard InChI is InChI=1S/C10H8O6S2.2H3N/c11-17(12,13)9-3-1-7-2-4-10(18(14,15)16)6-8(7)5-9;;/h1-6H,(H,11,12,13)(H,14,15,16);2*1H3. The van der Waals surface area contributed by atoms with E-state index in [2.05, 4.69) is 0 Å². The van der Waals surface area contributed by atoms with Gasteiger partial charge in [0, 0.05) is 0 Å². The summed E-state index contributed by atoms with van der Waals surface area (Å²) in [6.07, 6.45) is 0. The van der Waals surface area contributed by atoms with E-state index >= 15 is 0 Å². The molecule has 0 bridgehead atoms. The molecule has 0 spiro atoms. The maximum absolute atomic E-state index is 10.9. The summed E-state index contributed by atoms with van der Waals surface area (Å²) in [4.78, 5) is -0.690. The molecule has 0 amide bonds. The van der Waals surface area contributed by atoms with E-state index in [1.165, 1.54) is 24.3 Å². The van der Waals surface area contributed by atoms with Crippen LogP contribution in [0, 0.1) is 0 Å². The van der Waals surface area contributed by atoms with E-state index in [-0.39, 0.29) is 27.5 Å². The van der Waals surface area contributed by atoms with Crippen LogP contribution < -0.4 is 12.3 Å². The van der Waals surface area contributed by atoms with Crippen molar-refractivity contribution in [1.29, 1.82) is 0 Å². The molecule has 2 aromatic rings. The molecule has 0 aliphatic carbocycles. The quantitative estimate of drug-likeness (QED) is 0.602. The van der Waals surface area contributed by atoms with Crippen molar-refractivity contribution < 1.29 is 25.9 Å². The Bertz CT molecular complexity index is 763. The van der Waals surface area contributed by atoms with E-state index in [9.17, 15) is 16.8 Å². The van der Waals surface area contributed by atoms with Gasteiger partial charge in [0.2, 0.25) is 0 Å². The van der Waals surface area contributed by atoms with Crippen molar-refractivity contribution in [1.82, 2.24) is 12.3 Å².